The van der Waals surface area contributed by atoms with Crippen molar-refractivity contribution in [1.29, 1.82) is 0 Å². The van der Waals surface area contributed by atoms with Crippen molar-refractivity contribution in [3.8, 4) is 12.0 Å². The Kier molecular flexibility index (Phi) is 1.75. The summed E-state index contributed by atoms with van der Waals surface area (Å²) in [6, 6.07) is -0.213. The lowest BCUT2D eigenvalue weighted by molar-refractivity contribution is 0.242. The molecular weight excluding hydrogens is 162 g/mol. The van der Waals surface area contributed by atoms with E-state index in [1.165, 1.54) is 6.33 Å². The summed E-state index contributed by atoms with van der Waals surface area (Å²) < 4.78 is 9.97. The van der Waals surface area contributed by atoms with E-state index in [-0.39, 0.29) is 18.1 Å². The lowest BCUT2D eigenvalue weighted by Gasteiger charge is -1.99. The van der Waals surface area contributed by atoms with Gasteiger partial charge < -0.3 is 14.6 Å². The van der Waals surface area contributed by atoms with Crippen molar-refractivity contribution >= 4 is 0 Å². The number of ether oxygens (including phenoxy) is 2. The van der Waals surface area contributed by atoms with Crippen LogP contribution in [0.3, 0.4) is 0 Å². The normalized spacial score (nSPS) is 20.5. The molecule has 1 atom stereocenters. The summed E-state index contributed by atoms with van der Waals surface area (Å²) in [6.07, 6.45) is 1.34. The molecule has 1 unspecified atom stereocenters. The molecular formula is C6H7N3O3. The van der Waals surface area contributed by atoms with Crippen LogP contribution in [-0.2, 0) is 4.74 Å². The number of aromatic hydroxyl groups is 1. The van der Waals surface area contributed by atoms with E-state index >= 15 is 0 Å². The van der Waals surface area contributed by atoms with Gasteiger partial charge in [0.05, 0.1) is 6.61 Å². The van der Waals surface area contributed by atoms with Crippen LogP contribution in [0.2, 0.25) is 0 Å². The standard InChI is InChI=1S/C6H7N3O3/c10-5-7-3-8-6(9-5)12-2-4-1-11-4/h3-4H,1-2H2,(H,7,8,9,10). The Morgan fingerprint density at radius 2 is 2.50 bits per heavy atom. The summed E-state index contributed by atoms with van der Waals surface area (Å²) in [4.78, 5) is 10.6. The molecule has 1 fully saturated rings. The van der Waals surface area contributed by atoms with Crippen LogP contribution in [0.5, 0.6) is 12.0 Å². The number of hydrogen-bond acceptors (Lipinski definition) is 6. The van der Waals surface area contributed by atoms with Crippen LogP contribution < -0.4 is 4.74 Å². The van der Waals surface area contributed by atoms with Gasteiger partial charge in [-0.05, 0) is 0 Å². The van der Waals surface area contributed by atoms with Gasteiger partial charge in [-0.25, -0.2) is 0 Å². The summed E-state index contributed by atoms with van der Waals surface area (Å²) in [5.41, 5.74) is 0. The van der Waals surface area contributed by atoms with Gasteiger partial charge in [-0.3, -0.25) is 0 Å². The fourth-order valence-electron chi connectivity index (χ4n) is 0.674. The molecule has 2 heterocycles. The van der Waals surface area contributed by atoms with Crippen molar-refractivity contribution in [2.24, 2.45) is 0 Å². The largest absolute Gasteiger partial charge is 0.479 e. The molecule has 1 aliphatic rings. The second-order valence-electron chi connectivity index (χ2n) is 2.33. The Morgan fingerprint density at radius 1 is 1.67 bits per heavy atom. The average molecular weight is 169 g/mol. The molecule has 0 radical (unpaired) electrons. The maximum atomic E-state index is 8.82. The minimum Gasteiger partial charge on any atom is -0.479 e. The van der Waals surface area contributed by atoms with Crippen LogP contribution in [0, 0.1) is 0 Å². The zero-order valence-electron chi connectivity index (χ0n) is 6.17. The van der Waals surface area contributed by atoms with Gasteiger partial charge in [-0.2, -0.15) is 9.97 Å². The van der Waals surface area contributed by atoms with E-state index in [1.807, 2.05) is 0 Å². The van der Waals surface area contributed by atoms with E-state index in [1.54, 1.807) is 0 Å². The maximum absolute atomic E-state index is 8.82. The number of hydrogen-bond donors (Lipinski definition) is 1. The molecule has 1 aromatic heterocycles. The first-order valence-electron chi connectivity index (χ1n) is 3.47. The third-order valence-electron chi connectivity index (χ3n) is 1.34. The van der Waals surface area contributed by atoms with Crippen molar-refractivity contribution in [3.05, 3.63) is 6.33 Å². The highest BCUT2D eigenvalue weighted by atomic mass is 16.6. The van der Waals surface area contributed by atoms with Gasteiger partial charge in [0.15, 0.2) is 0 Å². The third kappa shape index (κ3) is 1.79. The second-order valence-corrected chi connectivity index (χ2v) is 2.33. The van der Waals surface area contributed by atoms with Crippen molar-refractivity contribution in [2.45, 2.75) is 6.10 Å². The van der Waals surface area contributed by atoms with Gasteiger partial charge in [0.2, 0.25) is 0 Å². The summed E-state index contributed by atoms with van der Waals surface area (Å²) in [6.45, 7) is 1.14. The van der Waals surface area contributed by atoms with Crippen LogP contribution >= 0.6 is 0 Å². The quantitative estimate of drug-likeness (QED) is 0.606. The minimum absolute atomic E-state index is 0.123. The number of aromatic nitrogens is 3. The molecule has 0 bridgehead atoms. The van der Waals surface area contributed by atoms with E-state index in [0.29, 0.717) is 6.61 Å². The molecule has 0 saturated carbocycles. The molecule has 1 saturated heterocycles. The predicted molar refractivity (Wildman–Crippen MR) is 36.7 cm³/mol. The van der Waals surface area contributed by atoms with Crippen molar-refractivity contribution in [3.63, 3.8) is 0 Å². The zero-order valence-corrected chi connectivity index (χ0v) is 6.17. The van der Waals surface area contributed by atoms with Crippen LogP contribution in [-0.4, -0.2) is 39.4 Å². The second kappa shape index (κ2) is 2.90. The summed E-state index contributed by atoms with van der Waals surface area (Å²) >= 11 is 0. The lowest BCUT2D eigenvalue weighted by Crippen LogP contribution is -2.06. The topological polar surface area (TPSA) is 80.7 Å². The molecule has 64 valence electrons. The van der Waals surface area contributed by atoms with Gasteiger partial charge in [0.1, 0.15) is 19.0 Å². The maximum Gasteiger partial charge on any atom is 0.322 e. The summed E-state index contributed by atoms with van der Waals surface area (Å²) in [5, 5.41) is 8.82. The molecule has 1 aliphatic heterocycles. The Labute approximate surface area is 68.2 Å². The number of nitrogens with zero attached hydrogens (tertiary/aromatic N) is 3. The van der Waals surface area contributed by atoms with Gasteiger partial charge in [-0.15, -0.1) is 4.98 Å². The van der Waals surface area contributed by atoms with Crippen molar-refractivity contribution in [1.82, 2.24) is 15.0 Å². The van der Waals surface area contributed by atoms with Crippen LogP contribution in [0.15, 0.2) is 6.33 Å². The first-order valence-corrected chi connectivity index (χ1v) is 3.47. The highest BCUT2D eigenvalue weighted by Gasteiger charge is 2.23. The monoisotopic (exact) mass is 169 g/mol. The van der Waals surface area contributed by atoms with Gasteiger partial charge in [0, 0.05) is 0 Å². The Balaban J connectivity index is 1.92. The first-order chi connectivity index (χ1) is 5.84. The van der Waals surface area contributed by atoms with Crippen LogP contribution in [0.25, 0.3) is 0 Å². The van der Waals surface area contributed by atoms with E-state index in [4.69, 9.17) is 14.6 Å². The van der Waals surface area contributed by atoms with Crippen LogP contribution in [0.4, 0.5) is 0 Å². The average Bonchev–Trinajstić information content (AvgIpc) is 2.84. The lowest BCUT2D eigenvalue weighted by atomic mass is 10.5. The zero-order chi connectivity index (χ0) is 8.39. The van der Waals surface area contributed by atoms with Crippen molar-refractivity contribution < 1.29 is 14.6 Å². The molecule has 1 N–H and O–H groups in total. The van der Waals surface area contributed by atoms with E-state index < -0.39 is 0 Å². The van der Waals surface area contributed by atoms with E-state index in [9.17, 15) is 0 Å². The molecule has 1 aromatic rings. The highest BCUT2D eigenvalue weighted by molar-refractivity contribution is 4.97. The van der Waals surface area contributed by atoms with E-state index in [2.05, 4.69) is 15.0 Å². The summed E-state index contributed by atoms with van der Waals surface area (Å²) in [5.74, 6) is 0. The SMILES string of the molecule is Oc1ncnc(OCC2CO2)n1. The molecule has 12 heavy (non-hydrogen) atoms. The highest BCUT2D eigenvalue weighted by Crippen LogP contribution is 2.11. The first kappa shape index (κ1) is 7.23. The number of epoxide rings is 1. The predicted octanol–water partition coefficient (Wildman–Crippen LogP) is -0.645. The fourth-order valence-corrected chi connectivity index (χ4v) is 0.674. The van der Waals surface area contributed by atoms with Gasteiger partial charge in [-0.1, -0.05) is 0 Å². The smallest absolute Gasteiger partial charge is 0.322 e. The minimum atomic E-state index is -0.336. The molecule has 2 rings (SSSR count). The van der Waals surface area contributed by atoms with Gasteiger partial charge >= 0.3 is 12.0 Å². The van der Waals surface area contributed by atoms with Crippen molar-refractivity contribution in [2.75, 3.05) is 13.2 Å². The van der Waals surface area contributed by atoms with E-state index in [0.717, 1.165) is 6.61 Å². The molecule has 0 amide bonds. The molecule has 0 spiro atoms. The number of rotatable bonds is 3. The van der Waals surface area contributed by atoms with Crippen LogP contribution in [0.1, 0.15) is 0 Å². The fraction of sp³-hybridized carbons (Fsp3) is 0.500. The molecule has 0 aliphatic carbocycles. The Morgan fingerprint density at radius 3 is 3.17 bits per heavy atom. The molecule has 6 nitrogen and oxygen atoms in total. The summed E-state index contributed by atoms with van der Waals surface area (Å²) in [7, 11) is 0. The Hall–Kier alpha value is -1.43. The van der Waals surface area contributed by atoms with Gasteiger partial charge in [0.25, 0.3) is 0 Å². The molecule has 0 aromatic carbocycles. The Bertz CT molecular complexity index is 276. The molecule has 6 heteroatoms. The third-order valence-corrected chi connectivity index (χ3v) is 1.34.